The Morgan fingerprint density at radius 3 is 2.10 bits per heavy atom. The van der Waals surface area contributed by atoms with E-state index in [2.05, 4.69) is 5.32 Å². The molecular formula is C29H32Cl2FN3O4S. The third kappa shape index (κ3) is 8.94. The van der Waals surface area contributed by atoms with Crippen LogP contribution < -0.4 is 9.62 Å². The van der Waals surface area contributed by atoms with Crippen LogP contribution in [-0.2, 0) is 32.6 Å². The van der Waals surface area contributed by atoms with Crippen LogP contribution in [0.25, 0.3) is 0 Å². The lowest BCUT2D eigenvalue weighted by molar-refractivity contribution is -0.140. The molecular weight excluding hydrogens is 576 g/mol. The molecule has 0 aliphatic carbocycles. The van der Waals surface area contributed by atoms with E-state index in [4.69, 9.17) is 23.2 Å². The van der Waals surface area contributed by atoms with Gasteiger partial charge < -0.3 is 10.2 Å². The summed E-state index contributed by atoms with van der Waals surface area (Å²) in [7, 11) is -3.95. The Hall–Kier alpha value is -3.14. The molecule has 0 saturated carbocycles. The fourth-order valence-electron chi connectivity index (χ4n) is 4.05. The summed E-state index contributed by atoms with van der Waals surface area (Å²) in [5.74, 6) is -1.49. The van der Waals surface area contributed by atoms with E-state index in [1.54, 1.807) is 0 Å². The minimum Gasteiger partial charge on any atom is -0.350 e. The van der Waals surface area contributed by atoms with Gasteiger partial charge in [0, 0.05) is 18.5 Å². The Morgan fingerprint density at radius 2 is 1.55 bits per heavy atom. The van der Waals surface area contributed by atoms with Gasteiger partial charge >= 0.3 is 0 Å². The molecule has 0 saturated heterocycles. The molecule has 0 unspecified atom stereocenters. The number of benzene rings is 3. The number of sulfonamides is 1. The Labute approximate surface area is 244 Å². The third-order valence-corrected chi connectivity index (χ3v) is 7.79. The number of amides is 2. The smallest absolute Gasteiger partial charge is 0.244 e. The number of anilines is 1. The molecule has 3 rings (SSSR count). The molecule has 3 aromatic rings. The lowest BCUT2D eigenvalue weighted by Crippen LogP contribution is -2.56. The first kappa shape index (κ1) is 31.4. The van der Waals surface area contributed by atoms with E-state index in [-0.39, 0.29) is 28.7 Å². The molecule has 0 radical (unpaired) electrons. The van der Waals surface area contributed by atoms with Crippen LogP contribution in [0.2, 0.25) is 10.0 Å². The van der Waals surface area contributed by atoms with Crippen LogP contribution >= 0.6 is 23.2 Å². The largest absolute Gasteiger partial charge is 0.350 e. The lowest BCUT2D eigenvalue weighted by atomic mass is 10.0. The molecule has 7 nitrogen and oxygen atoms in total. The third-order valence-electron chi connectivity index (χ3n) is 5.91. The molecule has 1 atom stereocenters. The van der Waals surface area contributed by atoms with Crippen molar-refractivity contribution >= 4 is 50.7 Å². The van der Waals surface area contributed by atoms with Gasteiger partial charge in [0.25, 0.3) is 0 Å². The molecule has 0 aromatic heterocycles. The molecule has 40 heavy (non-hydrogen) atoms. The van der Waals surface area contributed by atoms with Crippen molar-refractivity contribution in [3.8, 4) is 0 Å². The number of carbonyl (C=O) groups excluding carboxylic acids is 2. The second-order valence-corrected chi connectivity index (χ2v) is 13.2. The highest BCUT2D eigenvalue weighted by atomic mass is 35.5. The van der Waals surface area contributed by atoms with Crippen LogP contribution in [0.3, 0.4) is 0 Å². The second-order valence-electron chi connectivity index (χ2n) is 10.5. The number of nitrogens with zero attached hydrogens (tertiary/aromatic N) is 2. The Morgan fingerprint density at radius 1 is 0.925 bits per heavy atom. The molecule has 3 aromatic carbocycles. The van der Waals surface area contributed by atoms with Gasteiger partial charge in [-0.25, -0.2) is 12.8 Å². The van der Waals surface area contributed by atoms with E-state index in [9.17, 15) is 22.4 Å². The highest BCUT2D eigenvalue weighted by Gasteiger charge is 2.34. The Balaban J connectivity index is 2.08. The van der Waals surface area contributed by atoms with Crippen molar-refractivity contribution in [1.82, 2.24) is 10.2 Å². The van der Waals surface area contributed by atoms with E-state index in [1.807, 2.05) is 51.1 Å². The summed E-state index contributed by atoms with van der Waals surface area (Å²) in [4.78, 5) is 29.0. The van der Waals surface area contributed by atoms with Crippen LogP contribution in [0, 0.1) is 5.82 Å². The van der Waals surface area contributed by atoms with Gasteiger partial charge in [-0.2, -0.15) is 0 Å². The zero-order chi connectivity index (χ0) is 29.7. The van der Waals surface area contributed by atoms with Crippen molar-refractivity contribution in [2.75, 3.05) is 17.1 Å². The highest BCUT2D eigenvalue weighted by Crippen LogP contribution is 2.29. The molecule has 0 fully saturated rings. The monoisotopic (exact) mass is 607 g/mol. The number of hydrogen-bond donors (Lipinski definition) is 1. The SMILES string of the molecule is CC(C)(C)NC(=O)[C@@H](Cc1ccccc1)N(Cc1ccc(F)cc1)C(=O)CN(c1ccc(Cl)c(Cl)c1)S(C)(=O)=O. The average Bonchev–Trinajstić information content (AvgIpc) is 2.86. The van der Waals surface area contributed by atoms with E-state index in [0.717, 1.165) is 16.1 Å². The minimum atomic E-state index is -3.95. The van der Waals surface area contributed by atoms with Gasteiger partial charge in [-0.05, 0) is 62.2 Å². The number of nitrogens with one attached hydrogen (secondary N) is 1. The van der Waals surface area contributed by atoms with E-state index in [0.29, 0.717) is 5.56 Å². The molecule has 214 valence electrons. The zero-order valence-corrected chi connectivity index (χ0v) is 25.0. The summed E-state index contributed by atoms with van der Waals surface area (Å²) >= 11 is 12.2. The van der Waals surface area contributed by atoms with Crippen molar-refractivity contribution in [2.45, 2.75) is 45.3 Å². The molecule has 0 spiro atoms. The minimum absolute atomic E-state index is 0.0623. The van der Waals surface area contributed by atoms with Gasteiger partial charge in [-0.1, -0.05) is 65.7 Å². The first-order valence-corrected chi connectivity index (χ1v) is 15.1. The predicted octanol–water partition coefficient (Wildman–Crippen LogP) is 5.45. The molecule has 0 bridgehead atoms. The topological polar surface area (TPSA) is 86.8 Å². The second kappa shape index (κ2) is 13.0. The number of hydrogen-bond acceptors (Lipinski definition) is 4. The van der Waals surface area contributed by atoms with Crippen molar-refractivity contribution in [3.05, 3.63) is 99.8 Å². The zero-order valence-electron chi connectivity index (χ0n) is 22.7. The van der Waals surface area contributed by atoms with Crippen molar-refractivity contribution in [3.63, 3.8) is 0 Å². The first-order valence-electron chi connectivity index (χ1n) is 12.5. The predicted molar refractivity (Wildman–Crippen MR) is 157 cm³/mol. The van der Waals surface area contributed by atoms with Crippen LogP contribution in [0.15, 0.2) is 72.8 Å². The first-order chi connectivity index (χ1) is 18.6. The van der Waals surface area contributed by atoms with Crippen molar-refractivity contribution in [1.29, 1.82) is 0 Å². The summed E-state index contributed by atoms with van der Waals surface area (Å²) in [6.45, 7) is 4.81. The molecule has 1 N–H and O–H groups in total. The van der Waals surface area contributed by atoms with Crippen molar-refractivity contribution < 1.29 is 22.4 Å². The summed E-state index contributed by atoms with van der Waals surface area (Å²) < 4.78 is 40.2. The van der Waals surface area contributed by atoms with E-state index in [1.165, 1.54) is 47.4 Å². The number of carbonyl (C=O) groups is 2. The highest BCUT2D eigenvalue weighted by molar-refractivity contribution is 7.92. The van der Waals surface area contributed by atoms with Gasteiger partial charge in [0.05, 0.1) is 22.0 Å². The molecule has 0 heterocycles. The van der Waals surface area contributed by atoms with Crippen LogP contribution in [0.1, 0.15) is 31.9 Å². The maximum atomic E-state index is 14.0. The maximum Gasteiger partial charge on any atom is 0.244 e. The number of rotatable bonds is 10. The van der Waals surface area contributed by atoms with Gasteiger partial charge in [0.1, 0.15) is 18.4 Å². The average molecular weight is 609 g/mol. The van der Waals surface area contributed by atoms with Gasteiger partial charge in [0.2, 0.25) is 21.8 Å². The van der Waals surface area contributed by atoms with E-state index >= 15 is 0 Å². The summed E-state index contributed by atoms with van der Waals surface area (Å²) in [6, 6.07) is 18.0. The standard InChI is InChI=1S/C29H32Cl2FN3O4S/c1-29(2,3)33-28(37)26(16-20-8-6-5-7-9-20)34(18-21-10-12-22(32)13-11-21)27(36)19-35(40(4,38)39)23-14-15-24(30)25(31)17-23/h5-15,17,26H,16,18-19H2,1-4H3,(H,33,37)/t26-/m1/s1. The summed E-state index contributed by atoms with van der Waals surface area (Å²) in [6.07, 6.45) is 1.14. The fraction of sp³-hybridized carbons (Fsp3) is 0.310. The van der Waals surface area contributed by atoms with Crippen LogP contribution in [0.4, 0.5) is 10.1 Å². The molecule has 2 amide bonds. The lowest BCUT2D eigenvalue weighted by Gasteiger charge is -2.35. The molecule has 11 heteroatoms. The number of halogens is 3. The normalized spacial score (nSPS) is 12.5. The van der Waals surface area contributed by atoms with E-state index < -0.39 is 45.8 Å². The van der Waals surface area contributed by atoms with Gasteiger partial charge in [-0.3, -0.25) is 13.9 Å². The Bertz CT molecular complexity index is 1450. The maximum absolute atomic E-state index is 14.0. The van der Waals surface area contributed by atoms with Gasteiger partial charge in [0.15, 0.2) is 0 Å². The van der Waals surface area contributed by atoms with Crippen molar-refractivity contribution in [2.24, 2.45) is 0 Å². The fourth-order valence-corrected chi connectivity index (χ4v) is 5.18. The quantitative estimate of drug-likeness (QED) is 0.332. The van der Waals surface area contributed by atoms with Crippen LogP contribution in [-0.4, -0.2) is 49.5 Å². The molecule has 0 aliphatic rings. The Kier molecular flexibility index (Phi) is 10.2. The molecule has 0 aliphatic heterocycles. The van der Waals surface area contributed by atoms with Gasteiger partial charge in [-0.15, -0.1) is 0 Å². The van der Waals surface area contributed by atoms with Crippen LogP contribution in [0.5, 0.6) is 0 Å². The summed E-state index contributed by atoms with van der Waals surface area (Å²) in [5.41, 5.74) is 0.913. The summed E-state index contributed by atoms with van der Waals surface area (Å²) in [5, 5.41) is 3.29.